The predicted octanol–water partition coefficient (Wildman–Crippen LogP) is 0.111. The monoisotopic (exact) mass is 440 g/mol. The maximum Gasteiger partial charge on any atom is 0.244 e. The predicted molar refractivity (Wildman–Crippen MR) is 106 cm³/mol. The number of benzene rings is 1. The number of piperidine rings is 1. The van der Waals surface area contributed by atoms with Crippen molar-refractivity contribution in [1.29, 1.82) is 5.26 Å². The van der Waals surface area contributed by atoms with Gasteiger partial charge in [0.1, 0.15) is 6.07 Å². The van der Waals surface area contributed by atoms with E-state index in [9.17, 15) is 21.6 Å². The third-order valence-corrected chi connectivity index (χ3v) is 9.23. The SMILES string of the molecule is N#Cc1ccccc1S(=O)(=O)N1CCC(C(=O)NCCN2CCCS2(=O)=O)CC1. The molecule has 0 saturated carbocycles. The summed E-state index contributed by atoms with van der Waals surface area (Å²) in [6, 6.07) is 7.98. The molecule has 0 atom stereocenters. The lowest BCUT2D eigenvalue weighted by Gasteiger charge is -2.30. The molecule has 3 rings (SSSR count). The van der Waals surface area contributed by atoms with Gasteiger partial charge < -0.3 is 5.32 Å². The van der Waals surface area contributed by atoms with Gasteiger partial charge in [-0.1, -0.05) is 12.1 Å². The topological polar surface area (TPSA) is 128 Å². The third-order valence-electron chi connectivity index (χ3n) is 5.31. The van der Waals surface area contributed by atoms with Crippen LogP contribution in [-0.2, 0) is 24.8 Å². The molecular weight excluding hydrogens is 416 g/mol. The molecule has 0 spiro atoms. The molecule has 2 aliphatic heterocycles. The summed E-state index contributed by atoms with van der Waals surface area (Å²) in [7, 11) is -6.97. The van der Waals surface area contributed by atoms with E-state index in [2.05, 4.69) is 5.32 Å². The zero-order chi connectivity index (χ0) is 21.1. The highest BCUT2D eigenvalue weighted by atomic mass is 32.2. The highest BCUT2D eigenvalue weighted by molar-refractivity contribution is 7.89. The first-order valence-electron chi connectivity index (χ1n) is 9.50. The highest BCUT2D eigenvalue weighted by Gasteiger charge is 2.33. The van der Waals surface area contributed by atoms with E-state index < -0.39 is 20.0 Å². The molecular formula is C18H24N4O5S2. The first-order chi connectivity index (χ1) is 13.8. The zero-order valence-corrected chi connectivity index (χ0v) is 17.6. The lowest BCUT2D eigenvalue weighted by molar-refractivity contribution is -0.126. The van der Waals surface area contributed by atoms with Crippen LogP contribution in [0.15, 0.2) is 29.2 Å². The fourth-order valence-corrected chi connectivity index (χ4v) is 6.81. The Bertz CT molecular complexity index is 1010. The number of amides is 1. The van der Waals surface area contributed by atoms with Gasteiger partial charge in [0, 0.05) is 38.6 Å². The van der Waals surface area contributed by atoms with Gasteiger partial charge >= 0.3 is 0 Å². The Hall–Kier alpha value is -2.00. The van der Waals surface area contributed by atoms with E-state index in [1.165, 1.54) is 20.7 Å². The van der Waals surface area contributed by atoms with Crippen molar-refractivity contribution in [1.82, 2.24) is 13.9 Å². The molecule has 1 amide bonds. The minimum Gasteiger partial charge on any atom is -0.355 e. The van der Waals surface area contributed by atoms with Crippen molar-refractivity contribution < 1.29 is 21.6 Å². The van der Waals surface area contributed by atoms with Crippen molar-refractivity contribution in [2.24, 2.45) is 5.92 Å². The maximum absolute atomic E-state index is 12.8. The van der Waals surface area contributed by atoms with Crippen LogP contribution in [0, 0.1) is 17.2 Å². The van der Waals surface area contributed by atoms with Crippen LogP contribution in [0.2, 0.25) is 0 Å². The fraction of sp³-hybridized carbons (Fsp3) is 0.556. The van der Waals surface area contributed by atoms with Crippen molar-refractivity contribution in [3.8, 4) is 6.07 Å². The van der Waals surface area contributed by atoms with Gasteiger partial charge in [-0.3, -0.25) is 4.79 Å². The summed E-state index contributed by atoms with van der Waals surface area (Å²) < 4.78 is 51.9. The van der Waals surface area contributed by atoms with Crippen LogP contribution in [0.1, 0.15) is 24.8 Å². The van der Waals surface area contributed by atoms with Gasteiger partial charge in [-0.05, 0) is 31.4 Å². The zero-order valence-electron chi connectivity index (χ0n) is 16.0. The van der Waals surface area contributed by atoms with Crippen LogP contribution in [-0.4, -0.2) is 69.8 Å². The summed E-state index contributed by atoms with van der Waals surface area (Å²) in [6.45, 7) is 1.37. The fourth-order valence-electron chi connectivity index (χ4n) is 3.67. The average molecular weight is 441 g/mol. The summed E-state index contributed by atoms with van der Waals surface area (Å²) in [5.41, 5.74) is 0.101. The lowest BCUT2D eigenvalue weighted by Crippen LogP contribution is -2.44. The first kappa shape index (κ1) is 21.7. The van der Waals surface area contributed by atoms with Crippen molar-refractivity contribution in [3.63, 3.8) is 0 Å². The second-order valence-electron chi connectivity index (χ2n) is 7.15. The second kappa shape index (κ2) is 8.79. The number of nitrogens with zero attached hydrogens (tertiary/aromatic N) is 3. The van der Waals surface area contributed by atoms with E-state index in [1.54, 1.807) is 12.1 Å². The first-order valence-corrected chi connectivity index (χ1v) is 12.6. The van der Waals surface area contributed by atoms with Gasteiger partial charge in [0.15, 0.2) is 0 Å². The average Bonchev–Trinajstić information content (AvgIpc) is 3.06. The van der Waals surface area contributed by atoms with Gasteiger partial charge in [0.2, 0.25) is 26.0 Å². The molecule has 158 valence electrons. The third kappa shape index (κ3) is 4.78. The molecule has 9 nitrogen and oxygen atoms in total. The number of rotatable bonds is 6. The lowest BCUT2D eigenvalue weighted by atomic mass is 9.97. The molecule has 1 N–H and O–H groups in total. The second-order valence-corrected chi connectivity index (χ2v) is 11.1. The number of sulfonamides is 2. The Balaban J connectivity index is 1.52. The Morgan fingerprint density at radius 2 is 1.90 bits per heavy atom. The molecule has 2 fully saturated rings. The molecule has 29 heavy (non-hydrogen) atoms. The molecule has 0 aromatic heterocycles. The number of carbonyl (C=O) groups excluding carboxylic acids is 1. The van der Waals surface area contributed by atoms with Crippen LogP contribution >= 0.6 is 0 Å². The van der Waals surface area contributed by atoms with E-state index in [0.29, 0.717) is 25.8 Å². The summed E-state index contributed by atoms with van der Waals surface area (Å²) in [6.07, 6.45) is 1.36. The van der Waals surface area contributed by atoms with Crippen LogP contribution in [0.4, 0.5) is 0 Å². The number of hydrogen-bond acceptors (Lipinski definition) is 6. The molecule has 0 radical (unpaired) electrons. The van der Waals surface area contributed by atoms with Gasteiger partial charge in [0.05, 0.1) is 16.2 Å². The molecule has 2 aliphatic rings. The van der Waals surface area contributed by atoms with E-state index in [0.717, 1.165) is 0 Å². The van der Waals surface area contributed by atoms with Crippen LogP contribution in [0.3, 0.4) is 0 Å². The largest absolute Gasteiger partial charge is 0.355 e. The van der Waals surface area contributed by atoms with Crippen molar-refractivity contribution in [3.05, 3.63) is 29.8 Å². The number of nitrogens with one attached hydrogen (secondary N) is 1. The number of carbonyl (C=O) groups is 1. The van der Waals surface area contributed by atoms with E-state index >= 15 is 0 Å². The quantitative estimate of drug-likeness (QED) is 0.669. The molecule has 11 heteroatoms. The summed E-state index contributed by atoms with van der Waals surface area (Å²) in [4.78, 5) is 12.4. The van der Waals surface area contributed by atoms with Crippen molar-refractivity contribution in [2.75, 3.05) is 38.5 Å². The van der Waals surface area contributed by atoms with Gasteiger partial charge in [0.25, 0.3) is 0 Å². The summed E-state index contributed by atoms with van der Waals surface area (Å²) >= 11 is 0. The Morgan fingerprint density at radius 3 is 2.52 bits per heavy atom. The van der Waals surface area contributed by atoms with Crippen LogP contribution < -0.4 is 5.32 Å². The Morgan fingerprint density at radius 1 is 1.21 bits per heavy atom. The molecule has 2 heterocycles. The van der Waals surface area contributed by atoms with Crippen LogP contribution in [0.5, 0.6) is 0 Å². The Kier molecular flexibility index (Phi) is 6.58. The molecule has 0 aliphatic carbocycles. The minimum atomic E-state index is -3.79. The van der Waals surface area contributed by atoms with Crippen molar-refractivity contribution in [2.45, 2.75) is 24.2 Å². The number of nitriles is 1. The summed E-state index contributed by atoms with van der Waals surface area (Å²) in [5, 5.41) is 11.9. The van der Waals surface area contributed by atoms with Gasteiger partial charge in [-0.2, -0.15) is 9.57 Å². The minimum absolute atomic E-state index is 0.0165. The molecule has 1 aromatic carbocycles. The number of hydrogen-bond donors (Lipinski definition) is 1. The smallest absolute Gasteiger partial charge is 0.244 e. The Labute approximate surface area is 171 Å². The summed E-state index contributed by atoms with van der Waals surface area (Å²) in [5.74, 6) is -0.345. The van der Waals surface area contributed by atoms with Gasteiger partial charge in [-0.25, -0.2) is 21.1 Å². The molecule has 2 saturated heterocycles. The molecule has 0 unspecified atom stereocenters. The molecule has 1 aromatic rings. The van der Waals surface area contributed by atoms with Crippen LogP contribution in [0.25, 0.3) is 0 Å². The maximum atomic E-state index is 12.8. The van der Waals surface area contributed by atoms with Crippen molar-refractivity contribution >= 4 is 26.0 Å². The molecule has 0 bridgehead atoms. The normalized spacial score (nSPS) is 20.9. The van der Waals surface area contributed by atoms with E-state index in [1.807, 2.05) is 6.07 Å². The van der Waals surface area contributed by atoms with Gasteiger partial charge in [-0.15, -0.1) is 0 Å². The standard InChI is InChI=1S/C18H24N4O5S2/c19-14-16-4-1-2-5-17(16)29(26,27)22-10-6-15(7-11-22)18(23)20-8-12-21-9-3-13-28(21,24)25/h1-2,4-5,15H,3,6-13H2,(H,20,23). The van der Waals surface area contributed by atoms with E-state index in [4.69, 9.17) is 5.26 Å². The van der Waals surface area contributed by atoms with E-state index in [-0.39, 0.29) is 54.2 Å². The highest BCUT2D eigenvalue weighted by Crippen LogP contribution is 2.25.